The molecule has 1 aliphatic rings. The van der Waals surface area contributed by atoms with Crippen molar-refractivity contribution in [2.75, 3.05) is 23.8 Å². The number of pyridine rings is 1. The molecule has 3 aromatic heterocycles. The fourth-order valence-corrected chi connectivity index (χ4v) is 4.21. The number of nitrogens with zero attached hydrogens (tertiary/aromatic N) is 3. The number of amides is 1. The van der Waals surface area contributed by atoms with Gasteiger partial charge in [0.05, 0.1) is 22.7 Å². The molecule has 0 spiro atoms. The number of hydrogen-bond acceptors (Lipinski definition) is 7. The average molecular weight is 454 g/mol. The molecule has 164 valence electrons. The van der Waals surface area contributed by atoms with Gasteiger partial charge in [0.15, 0.2) is 11.5 Å². The zero-order chi connectivity index (χ0) is 22.1. The van der Waals surface area contributed by atoms with Crippen LogP contribution in [0.2, 0.25) is 0 Å². The molecule has 4 aromatic rings. The molecule has 0 saturated heterocycles. The van der Waals surface area contributed by atoms with E-state index < -0.39 is 15.9 Å². The summed E-state index contributed by atoms with van der Waals surface area (Å²) < 4.78 is 39.5. The number of anilines is 1. The van der Waals surface area contributed by atoms with Gasteiger partial charge in [-0.2, -0.15) is 10.2 Å². The fourth-order valence-electron chi connectivity index (χ4n) is 3.25. The lowest BCUT2D eigenvalue weighted by Gasteiger charge is -2.09. The molecule has 0 unspecified atom stereocenters. The molecule has 4 heterocycles. The van der Waals surface area contributed by atoms with Gasteiger partial charge in [0.2, 0.25) is 16.8 Å². The molecule has 1 amide bonds. The van der Waals surface area contributed by atoms with Gasteiger partial charge in [0.25, 0.3) is 5.91 Å². The van der Waals surface area contributed by atoms with Crippen molar-refractivity contribution in [3.05, 3.63) is 60.6 Å². The standard InChI is InChI=1S/C20H18N6O5S/c27-20(17-11-16(23-24-17)13-1-2-18-19(9-13)31-12-30-18)21-6-8-32(28,29)25-14-4-7-26-15(10-14)3-5-22-26/h1-5,7,9-11,25H,6,8,12H2,(H,21,27)(H,23,24). The smallest absolute Gasteiger partial charge is 0.269 e. The lowest BCUT2D eigenvalue weighted by Crippen LogP contribution is -2.31. The largest absolute Gasteiger partial charge is 0.454 e. The molecule has 0 radical (unpaired) electrons. The number of aromatic amines is 1. The van der Waals surface area contributed by atoms with Crippen LogP contribution in [0.1, 0.15) is 10.5 Å². The topological polar surface area (TPSA) is 140 Å². The minimum Gasteiger partial charge on any atom is -0.454 e. The van der Waals surface area contributed by atoms with Crippen LogP contribution in [-0.4, -0.2) is 53.2 Å². The van der Waals surface area contributed by atoms with Gasteiger partial charge in [-0.3, -0.25) is 14.6 Å². The van der Waals surface area contributed by atoms with E-state index in [9.17, 15) is 13.2 Å². The van der Waals surface area contributed by atoms with E-state index in [2.05, 4.69) is 25.3 Å². The Labute approximate surface area is 182 Å². The summed E-state index contributed by atoms with van der Waals surface area (Å²) in [4.78, 5) is 12.4. The number of benzene rings is 1. The first-order valence-electron chi connectivity index (χ1n) is 9.64. The van der Waals surface area contributed by atoms with Crippen LogP contribution in [-0.2, 0) is 10.0 Å². The summed E-state index contributed by atoms with van der Waals surface area (Å²) in [6.07, 6.45) is 3.28. The molecule has 5 rings (SSSR count). The van der Waals surface area contributed by atoms with Crippen molar-refractivity contribution in [3.63, 3.8) is 0 Å². The van der Waals surface area contributed by atoms with E-state index in [0.717, 1.165) is 11.1 Å². The number of nitrogens with one attached hydrogen (secondary N) is 3. The maximum Gasteiger partial charge on any atom is 0.269 e. The van der Waals surface area contributed by atoms with Gasteiger partial charge < -0.3 is 14.8 Å². The molecule has 0 aliphatic carbocycles. The molecular formula is C20H18N6O5S. The van der Waals surface area contributed by atoms with E-state index in [0.29, 0.717) is 22.9 Å². The van der Waals surface area contributed by atoms with Crippen molar-refractivity contribution in [1.82, 2.24) is 25.1 Å². The molecule has 12 heteroatoms. The first kappa shape index (κ1) is 19.9. The number of H-pyrrole nitrogens is 1. The molecule has 0 bridgehead atoms. The Balaban J connectivity index is 1.18. The zero-order valence-electron chi connectivity index (χ0n) is 16.6. The third-order valence-corrected chi connectivity index (χ3v) is 6.11. The highest BCUT2D eigenvalue weighted by atomic mass is 32.2. The van der Waals surface area contributed by atoms with Gasteiger partial charge in [-0.25, -0.2) is 12.9 Å². The van der Waals surface area contributed by atoms with Crippen LogP contribution >= 0.6 is 0 Å². The predicted octanol–water partition coefficient (Wildman–Crippen LogP) is 1.62. The Kier molecular flexibility index (Phi) is 4.90. The molecule has 11 nitrogen and oxygen atoms in total. The van der Waals surface area contributed by atoms with E-state index in [1.54, 1.807) is 53.3 Å². The monoisotopic (exact) mass is 454 g/mol. The maximum atomic E-state index is 12.4. The fraction of sp³-hybridized carbons (Fsp3) is 0.150. The van der Waals surface area contributed by atoms with Crippen LogP contribution in [0.5, 0.6) is 11.5 Å². The summed E-state index contributed by atoms with van der Waals surface area (Å²) in [6, 6.07) is 12.0. The van der Waals surface area contributed by atoms with E-state index in [1.165, 1.54) is 0 Å². The third kappa shape index (κ3) is 4.07. The number of sulfonamides is 1. The van der Waals surface area contributed by atoms with Crippen molar-refractivity contribution >= 4 is 27.1 Å². The highest BCUT2D eigenvalue weighted by Gasteiger charge is 2.17. The Morgan fingerprint density at radius 2 is 2.00 bits per heavy atom. The van der Waals surface area contributed by atoms with Crippen LogP contribution < -0.4 is 19.5 Å². The second-order valence-corrected chi connectivity index (χ2v) is 8.87. The zero-order valence-corrected chi connectivity index (χ0v) is 17.4. The summed E-state index contributed by atoms with van der Waals surface area (Å²) in [6.45, 7) is 0.102. The van der Waals surface area contributed by atoms with E-state index in [1.807, 2.05) is 6.07 Å². The quantitative estimate of drug-likeness (QED) is 0.386. The first-order chi connectivity index (χ1) is 15.5. The molecule has 3 N–H and O–H groups in total. The maximum absolute atomic E-state index is 12.4. The summed E-state index contributed by atoms with van der Waals surface area (Å²) >= 11 is 0. The third-order valence-electron chi connectivity index (χ3n) is 4.82. The number of ether oxygens (including phenoxy) is 2. The van der Waals surface area contributed by atoms with E-state index >= 15 is 0 Å². The number of fused-ring (bicyclic) bond motifs is 2. The lowest BCUT2D eigenvalue weighted by molar-refractivity contribution is 0.0951. The summed E-state index contributed by atoms with van der Waals surface area (Å²) in [7, 11) is -3.65. The normalized spacial score (nSPS) is 12.8. The van der Waals surface area contributed by atoms with Gasteiger partial charge in [-0.15, -0.1) is 0 Å². The highest BCUT2D eigenvalue weighted by Crippen LogP contribution is 2.35. The van der Waals surface area contributed by atoms with Crippen LogP contribution in [0.3, 0.4) is 0 Å². The molecule has 1 aromatic carbocycles. The summed E-state index contributed by atoms with van der Waals surface area (Å²) in [5.41, 5.74) is 2.71. The van der Waals surface area contributed by atoms with Gasteiger partial charge in [0, 0.05) is 24.5 Å². The number of carbonyl (C=O) groups is 1. The second-order valence-electron chi connectivity index (χ2n) is 7.03. The van der Waals surface area contributed by atoms with Gasteiger partial charge in [-0.05, 0) is 42.5 Å². The Hall–Kier alpha value is -4.06. The minimum atomic E-state index is -3.65. The molecule has 0 fully saturated rings. The van der Waals surface area contributed by atoms with Gasteiger partial charge in [0.1, 0.15) is 5.69 Å². The Bertz CT molecular complexity index is 1410. The van der Waals surface area contributed by atoms with Crippen molar-refractivity contribution in [2.45, 2.75) is 0 Å². The van der Waals surface area contributed by atoms with Crippen molar-refractivity contribution in [3.8, 4) is 22.8 Å². The van der Waals surface area contributed by atoms with Crippen molar-refractivity contribution in [2.24, 2.45) is 0 Å². The van der Waals surface area contributed by atoms with Crippen molar-refractivity contribution in [1.29, 1.82) is 0 Å². The number of aromatic nitrogens is 4. The Morgan fingerprint density at radius 1 is 1.12 bits per heavy atom. The number of carbonyl (C=O) groups excluding carboxylic acids is 1. The summed E-state index contributed by atoms with van der Waals surface area (Å²) in [5.74, 6) is 0.524. The molecule has 1 aliphatic heterocycles. The van der Waals surface area contributed by atoms with Crippen LogP contribution in [0.15, 0.2) is 54.9 Å². The van der Waals surface area contributed by atoms with E-state index in [-0.39, 0.29) is 24.8 Å². The molecule has 0 saturated carbocycles. The van der Waals surface area contributed by atoms with Crippen LogP contribution in [0, 0.1) is 0 Å². The first-order valence-corrected chi connectivity index (χ1v) is 11.3. The van der Waals surface area contributed by atoms with Crippen molar-refractivity contribution < 1.29 is 22.7 Å². The highest BCUT2D eigenvalue weighted by molar-refractivity contribution is 7.92. The number of hydrogen-bond donors (Lipinski definition) is 3. The van der Waals surface area contributed by atoms with Crippen LogP contribution in [0.25, 0.3) is 16.8 Å². The minimum absolute atomic E-state index is 0.0680. The molecule has 32 heavy (non-hydrogen) atoms. The predicted molar refractivity (Wildman–Crippen MR) is 115 cm³/mol. The Morgan fingerprint density at radius 3 is 2.91 bits per heavy atom. The van der Waals surface area contributed by atoms with Gasteiger partial charge >= 0.3 is 0 Å². The number of rotatable bonds is 7. The van der Waals surface area contributed by atoms with E-state index in [4.69, 9.17) is 9.47 Å². The average Bonchev–Trinajstić information content (AvgIpc) is 3.52. The van der Waals surface area contributed by atoms with Gasteiger partial charge in [-0.1, -0.05) is 0 Å². The molecule has 0 atom stereocenters. The molecular weight excluding hydrogens is 436 g/mol. The second kappa shape index (κ2) is 7.89. The van der Waals surface area contributed by atoms with Crippen LogP contribution in [0.4, 0.5) is 5.69 Å². The summed E-state index contributed by atoms with van der Waals surface area (Å²) in [5, 5.41) is 13.5. The SMILES string of the molecule is O=C(NCCS(=O)(=O)Nc1ccn2nccc2c1)c1cc(-c2ccc3c(c2)OCO3)n[nH]1. The lowest BCUT2D eigenvalue weighted by atomic mass is 10.1.